The van der Waals surface area contributed by atoms with Crippen LogP contribution < -0.4 is 5.32 Å². The average molecular weight is 362 g/mol. The second-order valence-corrected chi connectivity index (χ2v) is 8.02. The molecule has 0 aliphatic carbocycles. The molecule has 3 rings (SSSR count). The van der Waals surface area contributed by atoms with Gasteiger partial charge in [-0.2, -0.15) is 0 Å². The van der Waals surface area contributed by atoms with E-state index in [4.69, 9.17) is 0 Å². The minimum Gasteiger partial charge on any atom is -0.337 e. The van der Waals surface area contributed by atoms with Crippen molar-refractivity contribution in [3.63, 3.8) is 0 Å². The summed E-state index contributed by atoms with van der Waals surface area (Å²) in [6.45, 7) is 6.19. The highest BCUT2D eigenvalue weighted by atomic mass is 32.1. The number of amides is 2. The maximum absolute atomic E-state index is 12.5. The quantitative estimate of drug-likeness (QED) is 0.667. The molecule has 1 aromatic carbocycles. The lowest BCUT2D eigenvalue weighted by Gasteiger charge is -2.31. The Morgan fingerprint density at radius 1 is 1.44 bits per heavy atom. The zero-order chi connectivity index (χ0) is 18.4. The smallest absolute Gasteiger partial charge is 0.270 e. The molecule has 0 radical (unpaired) electrons. The van der Waals surface area contributed by atoms with Crippen molar-refractivity contribution in [1.29, 1.82) is 0 Å². The lowest BCUT2D eigenvalue weighted by atomic mass is 10.1. The summed E-state index contributed by atoms with van der Waals surface area (Å²) in [5.41, 5.74) is 0.252. The van der Waals surface area contributed by atoms with Crippen LogP contribution in [-0.2, 0) is 9.59 Å². The van der Waals surface area contributed by atoms with E-state index in [-0.39, 0.29) is 29.5 Å². The minimum atomic E-state index is -0.470. The number of non-ortho nitro benzene ring substituents is 1. The Morgan fingerprint density at radius 3 is 2.76 bits per heavy atom. The number of aromatic nitrogens is 1. The number of anilines is 1. The highest BCUT2D eigenvalue weighted by Crippen LogP contribution is 2.31. The molecule has 132 valence electrons. The molecule has 8 nitrogen and oxygen atoms in total. The Kier molecular flexibility index (Phi) is 4.19. The van der Waals surface area contributed by atoms with Crippen LogP contribution >= 0.6 is 11.3 Å². The summed E-state index contributed by atoms with van der Waals surface area (Å²) < 4.78 is 0.628. The highest BCUT2D eigenvalue weighted by Gasteiger charge is 2.39. The maximum atomic E-state index is 12.5. The van der Waals surface area contributed by atoms with Crippen molar-refractivity contribution in [1.82, 2.24) is 9.88 Å². The van der Waals surface area contributed by atoms with E-state index in [1.54, 1.807) is 11.0 Å². The highest BCUT2D eigenvalue weighted by molar-refractivity contribution is 7.22. The minimum absolute atomic E-state index is 0.0174. The molecule has 1 N–H and O–H groups in total. The molecule has 2 aromatic rings. The number of nitro benzene ring substituents is 1. The molecular weight excluding hydrogens is 344 g/mol. The van der Waals surface area contributed by atoms with Gasteiger partial charge in [0.2, 0.25) is 11.8 Å². The van der Waals surface area contributed by atoms with Gasteiger partial charge in [0.15, 0.2) is 5.13 Å². The molecule has 0 spiro atoms. The number of rotatable bonds is 3. The van der Waals surface area contributed by atoms with Crippen molar-refractivity contribution in [2.24, 2.45) is 5.92 Å². The van der Waals surface area contributed by atoms with Crippen LogP contribution in [0.5, 0.6) is 0 Å². The van der Waals surface area contributed by atoms with E-state index in [9.17, 15) is 19.7 Å². The number of carbonyl (C=O) groups is 2. The largest absolute Gasteiger partial charge is 0.337 e. The van der Waals surface area contributed by atoms with Gasteiger partial charge in [-0.25, -0.2) is 4.98 Å². The molecule has 0 saturated carbocycles. The molecular formula is C16H18N4O4S. The molecule has 1 aliphatic rings. The SMILES string of the molecule is CC(C)(C)N1CC(C(=O)Nc2nc3ccc([N+](=O)[O-])cc3s2)CC1=O. The lowest BCUT2D eigenvalue weighted by molar-refractivity contribution is -0.384. The van der Waals surface area contributed by atoms with Crippen LogP contribution in [0.4, 0.5) is 10.8 Å². The second kappa shape index (κ2) is 6.07. The van der Waals surface area contributed by atoms with Gasteiger partial charge in [-0.1, -0.05) is 11.3 Å². The molecule has 1 unspecified atom stereocenters. The summed E-state index contributed by atoms with van der Waals surface area (Å²) in [6, 6.07) is 4.37. The molecule has 2 heterocycles. The van der Waals surface area contributed by atoms with Crippen molar-refractivity contribution in [3.05, 3.63) is 28.3 Å². The van der Waals surface area contributed by atoms with Crippen molar-refractivity contribution >= 4 is 44.2 Å². The number of nitrogens with one attached hydrogen (secondary N) is 1. The Morgan fingerprint density at radius 2 is 2.16 bits per heavy atom. The first-order valence-corrected chi connectivity index (χ1v) is 8.63. The fourth-order valence-corrected chi connectivity index (χ4v) is 3.72. The number of hydrogen-bond acceptors (Lipinski definition) is 6. The Balaban J connectivity index is 1.74. The fraction of sp³-hybridized carbons (Fsp3) is 0.438. The van der Waals surface area contributed by atoms with Crippen molar-refractivity contribution < 1.29 is 14.5 Å². The van der Waals surface area contributed by atoms with Gasteiger partial charge < -0.3 is 10.2 Å². The van der Waals surface area contributed by atoms with Gasteiger partial charge in [0.25, 0.3) is 5.69 Å². The first-order chi connectivity index (χ1) is 11.6. The lowest BCUT2D eigenvalue weighted by Crippen LogP contribution is -2.42. The number of fused-ring (bicyclic) bond motifs is 1. The summed E-state index contributed by atoms with van der Waals surface area (Å²) in [7, 11) is 0. The van der Waals surface area contributed by atoms with Crippen molar-refractivity contribution in [3.8, 4) is 0 Å². The van der Waals surface area contributed by atoms with Crippen LogP contribution in [0.1, 0.15) is 27.2 Å². The van der Waals surface area contributed by atoms with Gasteiger partial charge in [0.1, 0.15) is 0 Å². The number of nitrogens with zero attached hydrogens (tertiary/aromatic N) is 3. The molecule has 1 atom stereocenters. The molecule has 1 saturated heterocycles. The van der Waals surface area contributed by atoms with Crippen LogP contribution in [0.2, 0.25) is 0 Å². The van der Waals surface area contributed by atoms with Gasteiger partial charge in [0.05, 0.1) is 21.1 Å². The van der Waals surface area contributed by atoms with Gasteiger partial charge in [-0.15, -0.1) is 0 Å². The molecule has 25 heavy (non-hydrogen) atoms. The topological polar surface area (TPSA) is 105 Å². The first kappa shape index (κ1) is 17.3. The van der Waals surface area contributed by atoms with E-state index in [1.165, 1.54) is 23.5 Å². The summed E-state index contributed by atoms with van der Waals surface area (Å²) in [6.07, 6.45) is 0.180. The third-order valence-corrected chi connectivity index (χ3v) is 5.05. The van der Waals surface area contributed by atoms with Gasteiger partial charge >= 0.3 is 0 Å². The number of benzene rings is 1. The first-order valence-electron chi connectivity index (χ1n) is 7.81. The zero-order valence-corrected chi connectivity index (χ0v) is 14.9. The number of likely N-dealkylation sites (tertiary alicyclic amines) is 1. The monoisotopic (exact) mass is 362 g/mol. The van der Waals surface area contributed by atoms with Crippen LogP contribution in [0, 0.1) is 16.0 Å². The molecule has 2 amide bonds. The number of nitro groups is 1. The van der Waals surface area contributed by atoms with Gasteiger partial charge in [-0.05, 0) is 26.8 Å². The summed E-state index contributed by atoms with van der Waals surface area (Å²) in [5, 5.41) is 13.9. The number of hydrogen-bond donors (Lipinski definition) is 1. The zero-order valence-electron chi connectivity index (χ0n) is 14.1. The van der Waals surface area contributed by atoms with Crippen molar-refractivity contribution in [2.45, 2.75) is 32.7 Å². The Bertz CT molecular complexity index is 871. The summed E-state index contributed by atoms with van der Waals surface area (Å²) in [4.78, 5) is 40.9. The van der Waals surface area contributed by atoms with Crippen molar-refractivity contribution in [2.75, 3.05) is 11.9 Å². The molecule has 0 bridgehead atoms. The van der Waals surface area contributed by atoms with E-state index in [0.717, 1.165) is 0 Å². The van der Waals surface area contributed by atoms with E-state index < -0.39 is 10.8 Å². The molecule has 1 aliphatic heterocycles. The number of carbonyl (C=O) groups excluding carboxylic acids is 2. The van der Waals surface area contributed by atoms with Gasteiger partial charge in [0, 0.05) is 30.6 Å². The van der Waals surface area contributed by atoms with Crippen LogP contribution in [0.15, 0.2) is 18.2 Å². The van der Waals surface area contributed by atoms with E-state index in [1.807, 2.05) is 20.8 Å². The van der Waals surface area contributed by atoms with Crippen LogP contribution in [0.25, 0.3) is 10.2 Å². The summed E-state index contributed by atoms with van der Waals surface area (Å²) in [5.74, 6) is -0.714. The van der Waals surface area contributed by atoms with Crippen LogP contribution in [0.3, 0.4) is 0 Å². The predicted molar refractivity (Wildman–Crippen MR) is 94.5 cm³/mol. The van der Waals surface area contributed by atoms with E-state index in [0.29, 0.717) is 21.9 Å². The van der Waals surface area contributed by atoms with E-state index >= 15 is 0 Å². The molecule has 1 aromatic heterocycles. The van der Waals surface area contributed by atoms with Crippen LogP contribution in [-0.4, -0.2) is 38.7 Å². The maximum Gasteiger partial charge on any atom is 0.270 e. The third-order valence-electron chi connectivity index (χ3n) is 4.12. The molecule has 1 fully saturated rings. The second-order valence-electron chi connectivity index (χ2n) is 6.99. The predicted octanol–water partition coefficient (Wildman–Crippen LogP) is 2.79. The van der Waals surface area contributed by atoms with E-state index in [2.05, 4.69) is 10.3 Å². The summed E-state index contributed by atoms with van der Waals surface area (Å²) >= 11 is 1.18. The average Bonchev–Trinajstić information content (AvgIpc) is 3.08. The third kappa shape index (κ3) is 3.46. The Labute approximate surface area is 148 Å². The fourth-order valence-electron chi connectivity index (χ4n) is 2.82. The van der Waals surface area contributed by atoms with Gasteiger partial charge in [-0.3, -0.25) is 19.7 Å². The normalized spacial score (nSPS) is 18.0. The standard InChI is InChI=1S/C16H18N4O4S/c1-16(2,3)19-8-9(6-13(19)21)14(22)18-15-17-11-5-4-10(20(23)24)7-12(11)25-15/h4-5,7,9H,6,8H2,1-3H3,(H,17,18,22). The Hall–Kier alpha value is -2.55. The molecule has 9 heteroatoms. The number of thiazole rings is 1.